The number of rotatable bonds is 7. The van der Waals surface area contributed by atoms with E-state index in [9.17, 15) is 19.2 Å². The maximum atomic E-state index is 13.6. The first-order chi connectivity index (χ1) is 16.3. The van der Waals surface area contributed by atoms with E-state index in [2.05, 4.69) is 26.1 Å². The average Bonchev–Trinajstić information content (AvgIpc) is 3.37. The van der Waals surface area contributed by atoms with Gasteiger partial charge in [0.1, 0.15) is 12.1 Å². The van der Waals surface area contributed by atoms with Gasteiger partial charge >= 0.3 is 0 Å². The Morgan fingerprint density at radius 3 is 2.26 bits per heavy atom. The van der Waals surface area contributed by atoms with Crippen molar-refractivity contribution >= 4 is 23.5 Å². The van der Waals surface area contributed by atoms with Crippen LogP contribution in [0.15, 0.2) is 24.3 Å². The predicted molar refractivity (Wildman–Crippen MR) is 135 cm³/mol. The monoisotopic (exact) mass is 484 g/mol. The Morgan fingerprint density at radius 2 is 1.71 bits per heavy atom. The molecule has 1 aromatic carbocycles. The second kappa shape index (κ2) is 10.5. The predicted octanol–water partition coefficient (Wildman–Crippen LogP) is 2.25. The van der Waals surface area contributed by atoms with E-state index in [1.54, 1.807) is 21.9 Å². The molecule has 35 heavy (non-hydrogen) atoms. The summed E-state index contributed by atoms with van der Waals surface area (Å²) in [6.07, 6.45) is 1.47. The van der Waals surface area contributed by atoms with Gasteiger partial charge in [-0.1, -0.05) is 53.7 Å². The molecular weight excluding hydrogens is 444 g/mol. The maximum absolute atomic E-state index is 13.6. The van der Waals surface area contributed by atoms with Crippen LogP contribution in [-0.2, 0) is 19.8 Å². The molecule has 8 heteroatoms. The summed E-state index contributed by atoms with van der Waals surface area (Å²) in [5.74, 6) is -0.818. The van der Waals surface area contributed by atoms with Crippen molar-refractivity contribution < 1.29 is 19.2 Å². The molecule has 3 rings (SSSR count). The normalized spacial score (nSPS) is 21.8. The van der Waals surface area contributed by atoms with Crippen molar-refractivity contribution in [2.45, 2.75) is 90.4 Å². The number of nitrogens with zero attached hydrogens (tertiary/aromatic N) is 2. The van der Waals surface area contributed by atoms with E-state index in [1.165, 1.54) is 0 Å². The van der Waals surface area contributed by atoms with Crippen LogP contribution in [0.25, 0.3) is 0 Å². The Balaban J connectivity index is 1.76. The Hall–Kier alpha value is -2.74. The number of carbonyl (C=O) groups excluding carboxylic acids is 4. The molecule has 2 saturated heterocycles. The molecular formula is C27H40N4O4. The Morgan fingerprint density at radius 1 is 1.09 bits per heavy atom. The minimum atomic E-state index is -0.751. The van der Waals surface area contributed by atoms with E-state index >= 15 is 0 Å². The van der Waals surface area contributed by atoms with Crippen LogP contribution in [0.1, 0.15) is 76.7 Å². The number of carbonyl (C=O) groups is 4. The third kappa shape index (κ3) is 5.74. The molecule has 8 nitrogen and oxygen atoms in total. The van der Waals surface area contributed by atoms with Gasteiger partial charge < -0.3 is 20.9 Å². The fraction of sp³-hybridized carbons (Fsp3) is 0.630. The summed E-state index contributed by atoms with van der Waals surface area (Å²) in [6, 6.07) is 5.00. The average molecular weight is 485 g/mol. The van der Waals surface area contributed by atoms with E-state index in [4.69, 9.17) is 5.73 Å². The molecule has 2 fully saturated rings. The number of amides is 3. The van der Waals surface area contributed by atoms with Gasteiger partial charge in [0.15, 0.2) is 5.78 Å². The highest BCUT2D eigenvalue weighted by atomic mass is 16.2. The lowest BCUT2D eigenvalue weighted by molar-refractivity contribution is -0.138. The smallest absolute Gasteiger partial charge is 0.251 e. The number of Topliss-reactive ketones (excluding diaryl/α,β-unsaturated/α-hetero) is 1. The van der Waals surface area contributed by atoms with E-state index in [-0.39, 0.29) is 47.4 Å². The highest BCUT2D eigenvalue weighted by Crippen LogP contribution is 2.31. The van der Waals surface area contributed by atoms with E-state index in [1.807, 2.05) is 32.9 Å². The van der Waals surface area contributed by atoms with Crippen molar-refractivity contribution in [3.05, 3.63) is 35.4 Å². The van der Waals surface area contributed by atoms with E-state index in [0.29, 0.717) is 31.4 Å². The summed E-state index contributed by atoms with van der Waals surface area (Å²) in [4.78, 5) is 55.3. The number of nitrogens with two attached hydrogens (primary N) is 1. The second-order valence-corrected chi connectivity index (χ2v) is 11.3. The Kier molecular flexibility index (Phi) is 8.04. The number of ketones is 1. The van der Waals surface area contributed by atoms with Crippen molar-refractivity contribution in [1.29, 1.82) is 0 Å². The van der Waals surface area contributed by atoms with E-state index in [0.717, 1.165) is 5.56 Å². The fourth-order valence-electron chi connectivity index (χ4n) is 5.00. The lowest BCUT2D eigenvalue weighted by Gasteiger charge is -2.29. The summed E-state index contributed by atoms with van der Waals surface area (Å²) >= 11 is 0. The van der Waals surface area contributed by atoms with Crippen LogP contribution in [0.2, 0.25) is 0 Å². The molecule has 0 saturated carbocycles. The molecule has 4 atom stereocenters. The Bertz CT molecular complexity index is 966. The molecule has 192 valence electrons. The van der Waals surface area contributed by atoms with Gasteiger partial charge in [-0.15, -0.1) is 0 Å². The largest absolute Gasteiger partial charge is 0.340 e. The van der Waals surface area contributed by atoms with Crippen molar-refractivity contribution in [2.24, 2.45) is 11.7 Å². The summed E-state index contributed by atoms with van der Waals surface area (Å²) in [6.45, 7) is 12.5. The number of fused-ring (bicyclic) bond motifs is 1. The minimum Gasteiger partial charge on any atom is -0.340 e. The standard InChI is InChI=1S/C27H40N4O4/c1-7-19(28)25(34)31-15-22(32)23-21(31)12-13-30(23)26(35)20(14-16(2)3)29-24(33)17-8-10-18(11-9-17)27(4,5)6/h8-11,16,19-21,23H,7,12-15,28H2,1-6H3,(H,29,33). The first kappa shape index (κ1) is 26.9. The number of likely N-dealkylation sites (tertiary alicyclic amines) is 2. The zero-order valence-corrected chi connectivity index (χ0v) is 21.8. The molecule has 4 unspecified atom stereocenters. The van der Waals surface area contributed by atoms with Gasteiger partial charge in [0.05, 0.1) is 18.6 Å². The zero-order valence-electron chi connectivity index (χ0n) is 21.8. The SMILES string of the molecule is CCC(N)C(=O)N1CC(=O)C2C1CCN2C(=O)C(CC(C)C)NC(=O)c1ccc(C(C)(C)C)cc1. The summed E-state index contributed by atoms with van der Waals surface area (Å²) < 4.78 is 0. The fourth-order valence-corrected chi connectivity index (χ4v) is 5.00. The maximum Gasteiger partial charge on any atom is 0.251 e. The summed E-state index contributed by atoms with van der Waals surface area (Å²) in [5, 5.41) is 2.91. The van der Waals surface area contributed by atoms with Gasteiger partial charge in [-0.2, -0.15) is 0 Å². The highest BCUT2D eigenvalue weighted by Gasteiger charge is 2.52. The molecule has 2 heterocycles. The number of nitrogens with one attached hydrogen (secondary N) is 1. The molecule has 3 amide bonds. The van der Waals surface area contributed by atoms with Gasteiger partial charge in [0, 0.05) is 12.1 Å². The molecule has 0 spiro atoms. The molecule has 0 bridgehead atoms. The van der Waals surface area contributed by atoms with Gasteiger partial charge in [0.25, 0.3) is 5.91 Å². The van der Waals surface area contributed by atoms with Crippen molar-refractivity contribution in [3.63, 3.8) is 0 Å². The minimum absolute atomic E-state index is 0.0209. The number of benzene rings is 1. The van der Waals surface area contributed by atoms with Gasteiger partial charge in [-0.3, -0.25) is 19.2 Å². The Labute approximate surface area is 208 Å². The van der Waals surface area contributed by atoms with Crippen LogP contribution in [0.4, 0.5) is 0 Å². The van der Waals surface area contributed by atoms with Gasteiger partial charge in [0.2, 0.25) is 11.8 Å². The summed E-state index contributed by atoms with van der Waals surface area (Å²) in [7, 11) is 0. The molecule has 0 radical (unpaired) electrons. The molecule has 0 aromatic heterocycles. The van der Waals surface area contributed by atoms with Gasteiger partial charge in [-0.25, -0.2) is 0 Å². The van der Waals surface area contributed by atoms with Crippen LogP contribution in [0.5, 0.6) is 0 Å². The van der Waals surface area contributed by atoms with Crippen LogP contribution < -0.4 is 11.1 Å². The molecule has 3 N–H and O–H groups in total. The van der Waals surface area contributed by atoms with Crippen molar-refractivity contribution in [3.8, 4) is 0 Å². The molecule has 1 aromatic rings. The third-order valence-corrected chi connectivity index (χ3v) is 7.07. The van der Waals surface area contributed by atoms with E-state index < -0.39 is 18.1 Å². The lowest BCUT2D eigenvalue weighted by atomic mass is 9.86. The molecule has 2 aliphatic rings. The first-order valence-corrected chi connectivity index (χ1v) is 12.7. The van der Waals surface area contributed by atoms with Crippen LogP contribution >= 0.6 is 0 Å². The molecule has 2 aliphatic heterocycles. The summed E-state index contributed by atoms with van der Waals surface area (Å²) in [5.41, 5.74) is 7.51. The first-order valence-electron chi connectivity index (χ1n) is 12.7. The topological polar surface area (TPSA) is 113 Å². The second-order valence-electron chi connectivity index (χ2n) is 11.3. The molecule has 0 aliphatic carbocycles. The quantitative estimate of drug-likeness (QED) is 0.616. The van der Waals surface area contributed by atoms with Crippen LogP contribution in [0, 0.1) is 5.92 Å². The van der Waals surface area contributed by atoms with Crippen molar-refractivity contribution in [2.75, 3.05) is 13.1 Å². The lowest BCUT2D eigenvalue weighted by Crippen LogP contribution is -2.53. The van der Waals surface area contributed by atoms with Crippen LogP contribution in [0.3, 0.4) is 0 Å². The third-order valence-electron chi connectivity index (χ3n) is 7.07. The highest BCUT2D eigenvalue weighted by molar-refractivity contribution is 6.01. The number of hydrogen-bond acceptors (Lipinski definition) is 5. The van der Waals surface area contributed by atoms with Crippen molar-refractivity contribution in [1.82, 2.24) is 15.1 Å². The van der Waals surface area contributed by atoms with Gasteiger partial charge in [-0.05, 0) is 48.3 Å². The zero-order chi connectivity index (χ0) is 26.1. The van der Waals surface area contributed by atoms with Crippen LogP contribution in [-0.4, -0.2) is 70.6 Å². The number of hydrogen-bond donors (Lipinski definition) is 2.